The Bertz CT molecular complexity index is 1550. The molecule has 1 aromatic heterocycles. The van der Waals surface area contributed by atoms with Gasteiger partial charge in [0, 0.05) is 17.0 Å². The first-order valence-electron chi connectivity index (χ1n) is 12.4. The van der Waals surface area contributed by atoms with Gasteiger partial charge in [-0.3, -0.25) is 0 Å². The zero-order chi connectivity index (χ0) is 26.4. The van der Waals surface area contributed by atoms with E-state index in [1.54, 1.807) is 30.3 Å². The van der Waals surface area contributed by atoms with Crippen molar-refractivity contribution in [1.29, 1.82) is 5.26 Å². The lowest BCUT2D eigenvalue weighted by Crippen LogP contribution is -2.40. The molecular weight excluding hydrogens is 543 g/mol. The Hall–Kier alpha value is -3.01. The number of hydrogen-bond acceptors (Lipinski definition) is 5. The molecule has 2 aliphatic rings. The van der Waals surface area contributed by atoms with Crippen LogP contribution < -0.4 is 4.74 Å². The van der Waals surface area contributed by atoms with Crippen LogP contribution in [0.3, 0.4) is 0 Å². The van der Waals surface area contributed by atoms with Crippen LogP contribution in [0.2, 0.25) is 15.1 Å². The summed E-state index contributed by atoms with van der Waals surface area (Å²) in [5, 5.41) is 26.2. The van der Waals surface area contributed by atoms with Gasteiger partial charge >= 0.3 is 0 Å². The summed E-state index contributed by atoms with van der Waals surface area (Å²) in [6.45, 7) is 0.212. The van der Waals surface area contributed by atoms with Gasteiger partial charge in [-0.15, -0.1) is 0 Å². The zero-order valence-electron chi connectivity index (χ0n) is 20.3. The van der Waals surface area contributed by atoms with Crippen LogP contribution in [0.5, 0.6) is 5.75 Å². The number of aliphatic hydroxyl groups is 1. The van der Waals surface area contributed by atoms with E-state index in [4.69, 9.17) is 44.1 Å². The highest BCUT2D eigenvalue weighted by Crippen LogP contribution is 2.53. The van der Waals surface area contributed by atoms with Crippen molar-refractivity contribution in [1.82, 2.24) is 5.16 Å². The molecule has 0 amide bonds. The van der Waals surface area contributed by atoms with Crippen molar-refractivity contribution in [2.75, 3.05) is 0 Å². The van der Waals surface area contributed by atoms with Crippen molar-refractivity contribution in [2.24, 2.45) is 0 Å². The van der Waals surface area contributed by atoms with Crippen LogP contribution in [-0.4, -0.2) is 10.3 Å². The summed E-state index contributed by atoms with van der Waals surface area (Å²) in [5.41, 5.74) is 3.36. The van der Waals surface area contributed by atoms with Crippen LogP contribution in [0.25, 0.3) is 11.3 Å². The van der Waals surface area contributed by atoms with Crippen LogP contribution in [0.15, 0.2) is 65.2 Å². The maximum absolute atomic E-state index is 11.3. The zero-order valence-corrected chi connectivity index (χ0v) is 22.5. The quantitative estimate of drug-likeness (QED) is 0.243. The third-order valence-electron chi connectivity index (χ3n) is 7.45. The van der Waals surface area contributed by atoms with Gasteiger partial charge in [0.25, 0.3) is 0 Å². The molecule has 1 N–H and O–H groups in total. The van der Waals surface area contributed by atoms with E-state index in [9.17, 15) is 10.4 Å². The summed E-state index contributed by atoms with van der Waals surface area (Å²) < 4.78 is 11.9. The van der Waals surface area contributed by atoms with E-state index in [2.05, 4.69) is 11.2 Å². The van der Waals surface area contributed by atoms with Gasteiger partial charge in [-0.25, -0.2) is 0 Å². The summed E-state index contributed by atoms with van der Waals surface area (Å²) in [5.74, 6) is 1.86. The van der Waals surface area contributed by atoms with Crippen molar-refractivity contribution in [3.63, 3.8) is 0 Å². The normalized spacial score (nSPS) is 20.6. The number of benzene rings is 3. The minimum absolute atomic E-state index is 0.171. The van der Waals surface area contributed by atoms with Crippen molar-refractivity contribution in [3.8, 4) is 23.1 Å². The van der Waals surface area contributed by atoms with Gasteiger partial charge in [0.15, 0.2) is 0 Å². The number of rotatable bonds is 7. The highest BCUT2D eigenvalue weighted by molar-refractivity contribution is 6.39. The topological polar surface area (TPSA) is 79.3 Å². The molecule has 0 radical (unpaired) electrons. The molecule has 0 bridgehead atoms. The van der Waals surface area contributed by atoms with Gasteiger partial charge in [-0.2, -0.15) is 5.26 Å². The molecule has 0 atom stereocenters. The van der Waals surface area contributed by atoms with Gasteiger partial charge < -0.3 is 14.4 Å². The predicted molar refractivity (Wildman–Crippen MR) is 147 cm³/mol. The molecule has 0 saturated heterocycles. The summed E-state index contributed by atoms with van der Waals surface area (Å²) in [6.07, 6.45) is 3.15. The molecule has 192 valence electrons. The maximum atomic E-state index is 11.3. The fourth-order valence-electron chi connectivity index (χ4n) is 5.24. The average molecular weight is 566 g/mol. The fourth-order valence-corrected chi connectivity index (χ4v) is 6.16. The lowest BCUT2D eigenvalue weighted by Gasteiger charge is -2.44. The Balaban J connectivity index is 1.20. The summed E-state index contributed by atoms with van der Waals surface area (Å²) in [6, 6.07) is 20.4. The van der Waals surface area contributed by atoms with Crippen LogP contribution >= 0.6 is 34.8 Å². The Labute approximate surface area is 235 Å². The number of aromatic nitrogens is 1. The molecule has 0 unspecified atom stereocenters. The van der Waals surface area contributed by atoms with Crippen LogP contribution in [0.1, 0.15) is 65.5 Å². The van der Waals surface area contributed by atoms with E-state index in [0.717, 1.165) is 29.7 Å². The van der Waals surface area contributed by atoms with E-state index in [-0.39, 0.29) is 12.5 Å². The van der Waals surface area contributed by atoms with E-state index < -0.39 is 5.60 Å². The minimum atomic E-state index is -1.02. The van der Waals surface area contributed by atoms with Gasteiger partial charge in [0.2, 0.25) is 0 Å². The molecule has 2 aliphatic carbocycles. The first kappa shape index (κ1) is 25.3. The van der Waals surface area contributed by atoms with E-state index >= 15 is 0 Å². The van der Waals surface area contributed by atoms with E-state index in [1.807, 2.05) is 30.3 Å². The summed E-state index contributed by atoms with van der Waals surface area (Å²) in [4.78, 5) is 0. The Morgan fingerprint density at radius 2 is 1.71 bits per heavy atom. The second-order valence-electron chi connectivity index (χ2n) is 10.0. The molecule has 38 heavy (non-hydrogen) atoms. The SMILES string of the molecule is N#Cc1cccc(C2CC(O)(c3ccc(OCc4c(-c5c(Cl)cccc5Cl)noc4C4CC4)cc3Cl)C2)c1. The van der Waals surface area contributed by atoms with Gasteiger partial charge in [-0.05, 0) is 73.6 Å². The molecule has 3 aromatic carbocycles. The van der Waals surface area contributed by atoms with Crippen molar-refractivity contribution in [3.05, 3.63) is 104 Å². The summed E-state index contributed by atoms with van der Waals surface area (Å²) >= 11 is 19.6. The van der Waals surface area contributed by atoms with Crippen molar-refractivity contribution in [2.45, 2.75) is 49.7 Å². The number of halogens is 3. The van der Waals surface area contributed by atoms with Crippen LogP contribution in [0, 0.1) is 11.3 Å². The predicted octanol–water partition coefficient (Wildman–Crippen LogP) is 8.40. The first-order valence-corrected chi connectivity index (χ1v) is 13.6. The molecule has 2 saturated carbocycles. The molecule has 1 heterocycles. The van der Waals surface area contributed by atoms with Crippen LogP contribution in [-0.2, 0) is 12.2 Å². The van der Waals surface area contributed by atoms with Gasteiger partial charge in [0.1, 0.15) is 23.8 Å². The molecule has 8 heteroatoms. The maximum Gasteiger partial charge on any atom is 0.147 e. The second kappa shape index (κ2) is 9.94. The summed E-state index contributed by atoms with van der Waals surface area (Å²) in [7, 11) is 0. The fraction of sp³-hybridized carbons (Fsp3) is 0.267. The molecule has 0 aliphatic heterocycles. The minimum Gasteiger partial charge on any atom is -0.489 e. The third kappa shape index (κ3) is 4.67. The molecule has 2 fully saturated rings. The van der Waals surface area contributed by atoms with Crippen molar-refractivity contribution < 1.29 is 14.4 Å². The van der Waals surface area contributed by atoms with Crippen LogP contribution in [0.4, 0.5) is 0 Å². The van der Waals surface area contributed by atoms with E-state index in [1.165, 1.54) is 0 Å². The highest BCUT2D eigenvalue weighted by Gasteiger charge is 2.45. The van der Waals surface area contributed by atoms with Gasteiger partial charge in [-0.1, -0.05) is 64.2 Å². The Morgan fingerprint density at radius 1 is 0.974 bits per heavy atom. The highest BCUT2D eigenvalue weighted by atomic mass is 35.5. The number of nitrogens with zero attached hydrogens (tertiary/aromatic N) is 2. The number of nitriles is 1. The standard InChI is InChI=1S/C30H23Cl3N2O3/c31-24-5-2-6-25(32)27(24)28-22(29(38-35-28)18-7-8-18)16-37-21-9-10-23(26(33)12-21)30(36)13-20(14-30)19-4-1-3-17(11-19)15-34/h1-6,9-12,18,20,36H,7-8,13-14,16H2. The number of ether oxygens (including phenoxy) is 1. The monoisotopic (exact) mass is 564 g/mol. The lowest BCUT2D eigenvalue weighted by atomic mass is 9.65. The van der Waals surface area contributed by atoms with E-state index in [0.29, 0.717) is 62.0 Å². The average Bonchev–Trinajstić information content (AvgIpc) is 3.65. The van der Waals surface area contributed by atoms with Gasteiger partial charge in [0.05, 0.1) is 37.9 Å². The molecular formula is C30H23Cl3N2O3. The second-order valence-corrected chi connectivity index (χ2v) is 11.3. The Morgan fingerprint density at radius 3 is 2.39 bits per heavy atom. The lowest BCUT2D eigenvalue weighted by molar-refractivity contribution is -0.0549. The molecule has 4 aromatic rings. The molecule has 6 rings (SSSR count). The first-order chi connectivity index (χ1) is 18.4. The van der Waals surface area contributed by atoms with Crippen molar-refractivity contribution >= 4 is 34.8 Å². The smallest absolute Gasteiger partial charge is 0.147 e. The third-order valence-corrected chi connectivity index (χ3v) is 8.39. The largest absolute Gasteiger partial charge is 0.489 e. The Kier molecular flexibility index (Phi) is 6.62. The molecule has 5 nitrogen and oxygen atoms in total. The molecule has 0 spiro atoms. The number of hydrogen-bond donors (Lipinski definition) is 1.